The van der Waals surface area contributed by atoms with Crippen LogP contribution in [0.5, 0.6) is 0 Å². The van der Waals surface area contributed by atoms with Crippen LogP contribution < -0.4 is 0 Å². The summed E-state index contributed by atoms with van der Waals surface area (Å²) in [6.07, 6.45) is 9.81. The molecular weight excluding hydrogens is 350 g/mol. The van der Waals surface area contributed by atoms with E-state index in [2.05, 4.69) is 24.8 Å². The molecule has 0 aromatic carbocycles. The number of aromatic amines is 1. The standard InChI is InChI=1S/C22H23N5O/c1-13-14(2)26-21(25-13)20-10-15(7-8-24-20)16-9-17(12-23-11-16)22(28)27-18-3-4-19(27)6-5-18/h7-12,18-19H,3-6H2,1-2H3,(H,25,26). The second-order valence-electron chi connectivity index (χ2n) is 7.86. The van der Waals surface area contributed by atoms with E-state index in [9.17, 15) is 4.79 Å². The molecule has 3 aromatic heterocycles. The molecule has 2 fully saturated rings. The number of rotatable bonds is 3. The van der Waals surface area contributed by atoms with Crippen LogP contribution in [0.4, 0.5) is 0 Å². The number of aryl methyl sites for hydroxylation is 2. The number of fused-ring (bicyclic) bond motifs is 2. The van der Waals surface area contributed by atoms with Gasteiger partial charge in [-0.15, -0.1) is 0 Å². The molecule has 28 heavy (non-hydrogen) atoms. The first kappa shape index (κ1) is 17.1. The highest BCUT2D eigenvalue weighted by molar-refractivity contribution is 5.96. The highest BCUT2D eigenvalue weighted by Gasteiger charge is 2.42. The summed E-state index contributed by atoms with van der Waals surface area (Å²) in [7, 11) is 0. The number of nitrogens with zero attached hydrogens (tertiary/aromatic N) is 4. The summed E-state index contributed by atoms with van der Waals surface area (Å²) < 4.78 is 0. The van der Waals surface area contributed by atoms with Gasteiger partial charge >= 0.3 is 0 Å². The Hall–Kier alpha value is -3.02. The van der Waals surface area contributed by atoms with Crippen molar-refractivity contribution in [3.63, 3.8) is 0 Å². The Balaban J connectivity index is 1.47. The van der Waals surface area contributed by atoms with Crippen molar-refractivity contribution in [2.24, 2.45) is 0 Å². The van der Waals surface area contributed by atoms with E-state index in [0.717, 1.165) is 59.7 Å². The van der Waals surface area contributed by atoms with E-state index in [4.69, 9.17) is 0 Å². The molecule has 2 bridgehead atoms. The van der Waals surface area contributed by atoms with E-state index in [1.54, 1.807) is 18.6 Å². The maximum Gasteiger partial charge on any atom is 0.255 e. The molecule has 0 saturated carbocycles. The lowest BCUT2D eigenvalue weighted by Gasteiger charge is -2.22. The summed E-state index contributed by atoms with van der Waals surface area (Å²) in [6.45, 7) is 3.98. The molecule has 0 atom stereocenters. The van der Waals surface area contributed by atoms with Gasteiger partial charge in [-0.05, 0) is 63.3 Å². The summed E-state index contributed by atoms with van der Waals surface area (Å²) in [5.74, 6) is 0.872. The van der Waals surface area contributed by atoms with Crippen LogP contribution in [0, 0.1) is 13.8 Å². The lowest BCUT2D eigenvalue weighted by Crippen LogP contribution is -2.35. The fourth-order valence-electron chi connectivity index (χ4n) is 4.52. The summed E-state index contributed by atoms with van der Waals surface area (Å²) >= 11 is 0. The van der Waals surface area contributed by atoms with Gasteiger partial charge in [0.05, 0.1) is 11.3 Å². The minimum Gasteiger partial charge on any atom is -0.341 e. The topological polar surface area (TPSA) is 74.8 Å². The molecule has 5 rings (SSSR count). The van der Waals surface area contributed by atoms with Crippen LogP contribution >= 0.6 is 0 Å². The monoisotopic (exact) mass is 373 g/mol. The molecule has 142 valence electrons. The van der Waals surface area contributed by atoms with E-state index < -0.39 is 0 Å². The number of pyridine rings is 2. The summed E-state index contributed by atoms with van der Waals surface area (Å²) in [4.78, 5) is 31.8. The number of aromatic nitrogens is 4. The Morgan fingerprint density at radius 1 is 1.07 bits per heavy atom. The first-order valence-corrected chi connectivity index (χ1v) is 9.88. The van der Waals surface area contributed by atoms with Crippen LogP contribution in [0.1, 0.15) is 47.4 Å². The zero-order valence-electron chi connectivity index (χ0n) is 16.1. The Bertz CT molecular complexity index is 1020. The second-order valence-corrected chi connectivity index (χ2v) is 7.86. The Labute approximate surface area is 164 Å². The first-order valence-electron chi connectivity index (χ1n) is 9.88. The summed E-state index contributed by atoms with van der Waals surface area (Å²) in [5, 5.41) is 0. The number of hydrogen-bond donors (Lipinski definition) is 1. The number of amides is 1. The average Bonchev–Trinajstić information content (AvgIpc) is 3.42. The van der Waals surface area contributed by atoms with Gasteiger partial charge in [-0.25, -0.2) is 4.98 Å². The molecule has 2 saturated heterocycles. The van der Waals surface area contributed by atoms with E-state index in [1.807, 2.05) is 32.0 Å². The van der Waals surface area contributed by atoms with Crippen LogP contribution in [-0.4, -0.2) is 42.8 Å². The van der Waals surface area contributed by atoms with Gasteiger partial charge in [0.15, 0.2) is 5.82 Å². The molecule has 0 spiro atoms. The van der Waals surface area contributed by atoms with Crippen LogP contribution in [0.15, 0.2) is 36.8 Å². The highest BCUT2D eigenvalue weighted by atomic mass is 16.2. The molecule has 6 heteroatoms. The van der Waals surface area contributed by atoms with Gasteiger partial charge in [0.2, 0.25) is 0 Å². The first-order chi connectivity index (χ1) is 13.6. The largest absolute Gasteiger partial charge is 0.341 e. The van der Waals surface area contributed by atoms with Gasteiger partial charge < -0.3 is 9.88 Å². The average molecular weight is 373 g/mol. The molecule has 2 aliphatic heterocycles. The summed E-state index contributed by atoms with van der Waals surface area (Å²) in [6, 6.07) is 6.71. The number of nitrogens with one attached hydrogen (secondary N) is 1. The van der Waals surface area contributed by atoms with Crippen LogP contribution in [0.2, 0.25) is 0 Å². The minimum absolute atomic E-state index is 0.117. The van der Waals surface area contributed by atoms with Crippen LogP contribution in [-0.2, 0) is 0 Å². The fourth-order valence-corrected chi connectivity index (χ4v) is 4.52. The maximum atomic E-state index is 13.1. The smallest absolute Gasteiger partial charge is 0.255 e. The van der Waals surface area contributed by atoms with Crippen molar-refractivity contribution < 1.29 is 4.79 Å². The maximum absolute atomic E-state index is 13.1. The minimum atomic E-state index is 0.117. The van der Waals surface area contributed by atoms with Gasteiger partial charge in [0, 0.05) is 41.9 Å². The van der Waals surface area contributed by atoms with Crippen molar-refractivity contribution in [2.45, 2.75) is 51.6 Å². The number of carbonyl (C=O) groups is 1. The molecule has 5 heterocycles. The highest BCUT2D eigenvalue weighted by Crippen LogP contribution is 2.38. The fraction of sp³-hybridized carbons (Fsp3) is 0.364. The molecule has 1 amide bonds. The molecule has 0 aliphatic carbocycles. The number of H-pyrrole nitrogens is 1. The quantitative estimate of drug-likeness (QED) is 0.755. The van der Waals surface area contributed by atoms with Gasteiger partial charge in [0.1, 0.15) is 5.69 Å². The lowest BCUT2D eigenvalue weighted by molar-refractivity contribution is 0.0729. The van der Waals surface area contributed by atoms with Crippen molar-refractivity contribution in [3.05, 3.63) is 53.7 Å². The third kappa shape index (κ3) is 2.80. The third-order valence-corrected chi connectivity index (χ3v) is 6.14. The van der Waals surface area contributed by atoms with E-state index in [1.165, 1.54) is 0 Å². The van der Waals surface area contributed by atoms with Crippen molar-refractivity contribution in [3.8, 4) is 22.6 Å². The lowest BCUT2D eigenvalue weighted by atomic mass is 10.0. The number of hydrogen-bond acceptors (Lipinski definition) is 4. The van der Waals surface area contributed by atoms with Crippen molar-refractivity contribution in [1.82, 2.24) is 24.8 Å². The predicted octanol–water partition coefficient (Wildman–Crippen LogP) is 3.92. The SMILES string of the molecule is Cc1nc(-c2cc(-c3cncc(C(=O)N4C5CCC4CC5)c3)ccn2)[nH]c1C. The van der Waals surface area contributed by atoms with E-state index in [-0.39, 0.29) is 5.91 Å². The predicted molar refractivity (Wildman–Crippen MR) is 107 cm³/mol. The zero-order chi connectivity index (χ0) is 19.3. The van der Waals surface area contributed by atoms with Gasteiger partial charge in [0.25, 0.3) is 5.91 Å². The molecule has 0 radical (unpaired) electrons. The Morgan fingerprint density at radius 2 is 1.82 bits per heavy atom. The Kier molecular flexibility index (Phi) is 4.00. The van der Waals surface area contributed by atoms with E-state index >= 15 is 0 Å². The second kappa shape index (κ2) is 6.55. The zero-order valence-corrected chi connectivity index (χ0v) is 16.1. The van der Waals surface area contributed by atoms with Gasteiger partial charge in [-0.3, -0.25) is 14.8 Å². The number of carbonyl (C=O) groups excluding carboxylic acids is 1. The Morgan fingerprint density at radius 3 is 2.50 bits per heavy atom. The van der Waals surface area contributed by atoms with E-state index in [0.29, 0.717) is 17.6 Å². The normalized spacial score (nSPS) is 20.7. The number of imidazole rings is 1. The molecule has 3 aromatic rings. The van der Waals surface area contributed by atoms with Gasteiger partial charge in [-0.2, -0.15) is 0 Å². The third-order valence-electron chi connectivity index (χ3n) is 6.14. The molecule has 6 nitrogen and oxygen atoms in total. The van der Waals surface area contributed by atoms with Crippen molar-refractivity contribution >= 4 is 5.91 Å². The van der Waals surface area contributed by atoms with Gasteiger partial charge in [-0.1, -0.05) is 0 Å². The van der Waals surface area contributed by atoms with Crippen molar-refractivity contribution in [2.75, 3.05) is 0 Å². The molecule has 1 N–H and O–H groups in total. The molecular formula is C22H23N5O. The summed E-state index contributed by atoms with van der Waals surface area (Å²) in [5.41, 5.74) is 5.35. The molecule has 0 unspecified atom stereocenters. The van der Waals surface area contributed by atoms with Crippen molar-refractivity contribution in [1.29, 1.82) is 0 Å². The molecule has 2 aliphatic rings. The van der Waals surface area contributed by atoms with Crippen LogP contribution in [0.25, 0.3) is 22.6 Å². The van der Waals surface area contributed by atoms with Crippen LogP contribution in [0.3, 0.4) is 0 Å².